The Bertz CT molecular complexity index is 484. The SMILES string of the molecule is COCCC(C)Oc1cnc2ccccc2c1. The average Bonchev–Trinajstić information content (AvgIpc) is 2.36. The minimum atomic E-state index is 0.137. The number of rotatable bonds is 5. The molecule has 0 radical (unpaired) electrons. The molecule has 0 spiro atoms. The smallest absolute Gasteiger partial charge is 0.138 e. The minimum absolute atomic E-state index is 0.137. The van der Waals surface area contributed by atoms with Gasteiger partial charge in [0.05, 0.1) is 17.8 Å². The number of aromatic nitrogens is 1. The van der Waals surface area contributed by atoms with Crippen molar-refractivity contribution in [1.29, 1.82) is 0 Å². The van der Waals surface area contributed by atoms with Crippen LogP contribution in [0.5, 0.6) is 5.75 Å². The van der Waals surface area contributed by atoms with Crippen LogP contribution in [0.15, 0.2) is 36.5 Å². The lowest BCUT2D eigenvalue weighted by atomic mass is 10.2. The highest BCUT2D eigenvalue weighted by Gasteiger charge is 2.04. The summed E-state index contributed by atoms with van der Waals surface area (Å²) in [5.41, 5.74) is 0.990. The number of pyridine rings is 1. The molecule has 90 valence electrons. The molecule has 2 aromatic rings. The van der Waals surface area contributed by atoms with Gasteiger partial charge >= 0.3 is 0 Å². The van der Waals surface area contributed by atoms with Gasteiger partial charge < -0.3 is 9.47 Å². The molecule has 3 nitrogen and oxygen atoms in total. The first-order valence-electron chi connectivity index (χ1n) is 5.80. The summed E-state index contributed by atoms with van der Waals surface area (Å²) in [6.07, 6.45) is 2.78. The molecule has 1 atom stereocenters. The number of fused-ring (bicyclic) bond motifs is 1. The molecule has 17 heavy (non-hydrogen) atoms. The number of benzene rings is 1. The van der Waals surface area contributed by atoms with Crippen LogP contribution in [-0.2, 0) is 4.74 Å². The molecule has 0 aliphatic rings. The fourth-order valence-electron chi connectivity index (χ4n) is 1.69. The number of hydrogen-bond donors (Lipinski definition) is 0. The van der Waals surface area contributed by atoms with Crippen LogP contribution in [-0.4, -0.2) is 24.8 Å². The number of hydrogen-bond acceptors (Lipinski definition) is 3. The monoisotopic (exact) mass is 231 g/mol. The summed E-state index contributed by atoms with van der Waals surface area (Å²) in [7, 11) is 1.70. The molecule has 0 aliphatic carbocycles. The zero-order chi connectivity index (χ0) is 12.1. The van der Waals surface area contributed by atoms with Gasteiger partial charge in [-0.25, -0.2) is 0 Å². The second kappa shape index (κ2) is 5.64. The standard InChI is InChI=1S/C14H17NO2/c1-11(7-8-16-2)17-13-9-12-5-3-4-6-14(12)15-10-13/h3-6,9-11H,7-8H2,1-2H3. The van der Waals surface area contributed by atoms with E-state index in [2.05, 4.69) is 4.98 Å². The van der Waals surface area contributed by atoms with E-state index in [4.69, 9.17) is 9.47 Å². The van der Waals surface area contributed by atoms with Crippen LogP contribution in [0, 0.1) is 0 Å². The van der Waals surface area contributed by atoms with E-state index in [0.717, 1.165) is 23.1 Å². The minimum Gasteiger partial charge on any atom is -0.489 e. The maximum absolute atomic E-state index is 5.78. The van der Waals surface area contributed by atoms with Gasteiger partial charge in [-0.05, 0) is 19.1 Å². The quantitative estimate of drug-likeness (QED) is 0.792. The number of para-hydroxylation sites is 1. The lowest BCUT2D eigenvalue weighted by Gasteiger charge is -2.14. The van der Waals surface area contributed by atoms with Crippen molar-refractivity contribution < 1.29 is 9.47 Å². The van der Waals surface area contributed by atoms with Gasteiger partial charge in [0.2, 0.25) is 0 Å². The van der Waals surface area contributed by atoms with Crippen molar-refractivity contribution in [3.8, 4) is 5.75 Å². The highest BCUT2D eigenvalue weighted by atomic mass is 16.5. The summed E-state index contributed by atoms with van der Waals surface area (Å²) in [6, 6.07) is 10.0. The Balaban J connectivity index is 2.08. The van der Waals surface area contributed by atoms with E-state index >= 15 is 0 Å². The van der Waals surface area contributed by atoms with Crippen molar-refractivity contribution in [2.45, 2.75) is 19.4 Å². The highest BCUT2D eigenvalue weighted by Crippen LogP contribution is 2.19. The lowest BCUT2D eigenvalue weighted by Crippen LogP contribution is -2.14. The number of methoxy groups -OCH3 is 1. The molecule has 0 saturated heterocycles. The van der Waals surface area contributed by atoms with Crippen LogP contribution < -0.4 is 4.74 Å². The van der Waals surface area contributed by atoms with E-state index in [-0.39, 0.29) is 6.10 Å². The Morgan fingerprint density at radius 1 is 1.29 bits per heavy atom. The molecule has 1 aromatic carbocycles. The van der Waals surface area contributed by atoms with Gasteiger partial charge in [-0.1, -0.05) is 18.2 Å². The van der Waals surface area contributed by atoms with Crippen LogP contribution in [0.1, 0.15) is 13.3 Å². The normalized spacial score (nSPS) is 12.6. The number of ether oxygens (including phenoxy) is 2. The zero-order valence-corrected chi connectivity index (χ0v) is 10.2. The van der Waals surface area contributed by atoms with E-state index in [1.54, 1.807) is 13.3 Å². The van der Waals surface area contributed by atoms with E-state index < -0.39 is 0 Å². The van der Waals surface area contributed by atoms with E-state index in [1.165, 1.54) is 0 Å². The van der Waals surface area contributed by atoms with Crippen LogP contribution in [0.2, 0.25) is 0 Å². The van der Waals surface area contributed by atoms with Gasteiger partial charge in [-0.3, -0.25) is 4.98 Å². The maximum Gasteiger partial charge on any atom is 0.138 e. The molecule has 1 unspecified atom stereocenters. The van der Waals surface area contributed by atoms with Crippen molar-refractivity contribution in [1.82, 2.24) is 4.98 Å². The molecule has 1 aromatic heterocycles. The molecule has 0 N–H and O–H groups in total. The second-order valence-electron chi connectivity index (χ2n) is 4.07. The summed E-state index contributed by atoms with van der Waals surface area (Å²) in [6.45, 7) is 2.75. The molecule has 0 aliphatic heterocycles. The molecular formula is C14H17NO2. The second-order valence-corrected chi connectivity index (χ2v) is 4.07. The molecule has 2 rings (SSSR count). The maximum atomic E-state index is 5.78. The van der Waals surface area contributed by atoms with Gasteiger partial charge in [0.25, 0.3) is 0 Å². The first kappa shape index (κ1) is 11.9. The molecule has 3 heteroatoms. The Kier molecular flexibility index (Phi) is 3.94. The first-order chi connectivity index (χ1) is 8.29. The van der Waals surface area contributed by atoms with Crippen LogP contribution >= 0.6 is 0 Å². The summed E-state index contributed by atoms with van der Waals surface area (Å²) >= 11 is 0. The van der Waals surface area contributed by atoms with Crippen molar-refractivity contribution in [3.05, 3.63) is 36.5 Å². The molecule has 0 fully saturated rings. The van der Waals surface area contributed by atoms with Gasteiger partial charge in [0.15, 0.2) is 0 Å². The molecule has 1 heterocycles. The molecule has 0 saturated carbocycles. The Morgan fingerprint density at radius 2 is 2.12 bits per heavy atom. The highest BCUT2D eigenvalue weighted by molar-refractivity contribution is 5.79. The largest absolute Gasteiger partial charge is 0.489 e. The van der Waals surface area contributed by atoms with Crippen LogP contribution in [0.3, 0.4) is 0 Å². The predicted octanol–water partition coefficient (Wildman–Crippen LogP) is 3.04. The summed E-state index contributed by atoms with van der Waals surface area (Å²) in [4.78, 5) is 4.36. The molecule has 0 bridgehead atoms. The van der Waals surface area contributed by atoms with Crippen molar-refractivity contribution in [2.24, 2.45) is 0 Å². The van der Waals surface area contributed by atoms with Gasteiger partial charge in [0.1, 0.15) is 5.75 Å². The van der Waals surface area contributed by atoms with Crippen molar-refractivity contribution >= 4 is 10.9 Å². The Hall–Kier alpha value is -1.61. The number of nitrogens with zero attached hydrogens (tertiary/aromatic N) is 1. The molecular weight excluding hydrogens is 214 g/mol. The third-order valence-electron chi connectivity index (χ3n) is 2.63. The van der Waals surface area contributed by atoms with Crippen molar-refractivity contribution in [2.75, 3.05) is 13.7 Å². The summed E-state index contributed by atoms with van der Waals surface area (Å²) in [5.74, 6) is 0.812. The van der Waals surface area contributed by atoms with Gasteiger partial charge in [-0.2, -0.15) is 0 Å². The summed E-state index contributed by atoms with van der Waals surface area (Å²) < 4.78 is 10.8. The van der Waals surface area contributed by atoms with Crippen LogP contribution in [0.25, 0.3) is 10.9 Å². The van der Waals surface area contributed by atoms with Crippen molar-refractivity contribution in [3.63, 3.8) is 0 Å². The van der Waals surface area contributed by atoms with E-state index in [9.17, 15) is 0 Å². The zero-order valence-electron chi connectivity index (χ0n) is 10.2. The summed E-state index contributed by atoms with van der Waals surface area (Å²) in [5, 5.41) is 1.10. The Morgan fingerprint density at radius 3 is 2.94 bits per heavy atom. The van der Waals surface area contributed by atoms with E-state index in [0.29, 0.717) is 6.61 Å². The predicted molar refractivity (Wildman–Crippen MR) is 68.3 cm³/mol. The fourth-order valence-corrected chi connectivity index (χ4v) is 1.69. The molecule has 0 amide bonds. The third-order valence-corrected chi connectivity index (χ3v) is 2.63. The topological polar surface area (TPSA) is 31.4 Å². The van der Waals surface area contributed by atoms with Gasteiger partial charge in [-0.15, -0.1) is 0 Å². The fraction of sp³-hybridized carbons (Fsp3) is 0.357. The van der Waals surface area contributed by atoms with E-state index in [1.807, 2.05) is 37.3 Å². The average molecular weight is 231 g/mol. The third kappa shape index (κ3) is 3.17. The first-order valence-corrected chi connectivity index (χ1v) is 5.80. The van der Waals surface area contributed by atoms with Gasteiger partial charge in [0, 0.05) is 25.5 Å². The Labute approximate surface area is 101 Å². The van der Waals surface area contributed by atoms with Crippen LogP contribution in [0.4, 0.5) is 0 Å². The lowest BCUT2D eigenvalue weighted by molar-refractivity contribution is 0.135.